The zero-order valence-electron chi connectivity index (χ0n) is 12.6. The number of hydrogen-bond acceptors (Lipinski definition) is 5. The maximum absolute atomic E-state index is 12.1. The van der Waals surface area contributed by atoms with Gasteiger partial charge in [0.05, 0.1) is 10.9 Å². The maximum atomic E-state index is 12.1. The first kappa shape index (κ1) is 19.7. The van der Waals surface area contributed by atoms with Crippen LogP contribution in [0.25, 0.3) is 0 Å². The van der Waals surface area contributed by atoms with Crippen molar-refractivity contribution >= 4 is 16.0 Å². The van der Waals surface area contributed by atoms with Gasteiger partial charge in [0.25, 0.3) is 0 Å². The normalized spacial score (nSPS) is 10.6. The molecule has 0 bridgehead atoms. The molecule has 0 atom stereocenters. The Labute approximate surface area is 156 Å². The van der Waals surface area contributed by atoms with Crippen LogP contribution in [0.1, 0.15) is 5.56 Å². The Morgan fingerprint density at radius 2 is 1.65 bits per heavy atom. The van der Waals surface area contributed by atoms with E-state index in [0.717, 1.165) is 5.56 Å². The molecular formula is C15H14NNaO5S. The van der Waals surface area contributed by atoms with Crippen molar-refractivity contribution in [2.24, 2.45) is 0 Å². The van der Waals surface area contributed by atoms with E-state index in [0.29, 0.717) is 0 Å². The third-order valence-electron chi connectivity index (χ3n) is 2.80. The zero-order chi connectivity index (χ0) is 16.0. The average Bonchev–Trinajstić information content (AvgIpc) is 2.52. The average molecular weight is 343 g/mol. The molecule has 8 heteroatoms. The van der Waals surface area contributed by atoms with Crippen LogP contribution in [0.3, 0.4) is 0 Å². The van der Waals surface area contributed by atoms with E-state index in [1.54, 1.807) is 0 Å². The van der Waals surface area contributed by atoms with Gasteiger partial charge in [-0.05, 0) is 29.8 Å². The Kier molecular flexibility index (Phi) is 7.74. The van der Waals surface area contributed by atoms with Gasteiger partial charge in [0, 0.05) is 6.54 Å². The number of nitrogens with one attached hydrogen (secondary N) is 1. The fourth-order valence-electron chi connectivity index (χ4n) is 1.71. The Morgan fingerprint density at radius 3 is 2.22 bits per heavy atom. The molecule has 2 rings (SSSR count). The fourth-order valence-corrected chi connectivity index (χ4v) is 2.73. The van der Waals surface area contributed by atoms with Crippen LogP contribution < -0.4 is 44.1 Å². The van der Waals surface area contributed by atoms with Crippen molar-refractivity contribution in [3.05, 3.63) is 60.2 Å². The second kappa shape index (κ2) is 9.05. The summed E-state index contributed by atoms with van der Waals surface area (Å²) in [6, 6.07) is 14.6. The molecule has 0 heterocycles. The van der Waals surface area contributed by atoms with Gasteiger partial charge in [-0.2, -0.15) is 0 Å². The molecule has 0 saturated carbocycles. The summed E-state index contributed by atoms with van der Waals surface area (Å²) in [5.74, 6) is -1.09. The number of carbonyl (C=O) groups excluding carboxylic acids is 1. The topological polar surface area (TPSA) is 95.5 Å². The van der Waals surface area contributed by atoms with E-state index >= 15 is 0 Å². The molecule has 116 valence electrons. The zero-order valence-corrected chi connectivity index (χ0v) is 15.4. The van der Waals surface area contributed by atoms with Crippen molar-refractivity contribution in [3.63, 3.8) is 0 Å². The van der Waals surface area contributed by atoms with Gasteiger partial charge >= 0.3 is 29.6 Å². The number of ether oxygens (including phenoxy) is 1. The number of carboxylic acid groups (broad SMARTS) is 1. The number of carbonyl (C=O) groups is 1. The Morgan fingerprint density at radius 1 is 1.04 bits per heavy atom. The summed E-state index contributed by atoms with van der Waals surface area (Å²) in [7, 11) is -3.64. The van der Waals surface area contributed by atoms with E-state index in [1.165, 1.54) is 24.3 Å². The summed E-state index contributed by atoms with van der Waals surface area (Å²) in [4.78, 5) is 10.4. The summed E-state index contributed by atoms with van der Waals surface area (Å²) in [5.41, 5.74) is 0.847. The van der Waals surface area contributed by atoms with Crippen molar-refractivity contribution in [3.8, 4) is 5.75 Å². The third kappa shape index (κ3) is 6.32. The molecule has 2 aromatic rings. The number of rotatable bonds is 7. The van der Waals surface area contributed by atoms with Gasteiger partial charge in [-0.25, -0.2) is 13.1 Å². The minimum atomic E-state index is -3.64. The third-order valence-corrected chi connectivity index (χ3v) is 4.22. The van der Waals surface area contributed by atoms with Crippen LogP contribution in [0.5, 0.6) is 5.75 Å². The molecule has 6 nitrogen and oxygen atoms in total. The van der Waals surface area contributed by atoms with Gasteiger partial charge in [0.2, 0.25) is 10.0 Å². The second-order valence-corrected chi connectivity index (χ2v) is 6.21. The number of hydrogen-bond donors (Lipinski definition) is 1. The first-order chi connectivity index (χ1) is 10.5. The van der Waals surface area contributed by atoms with E-state index < -0.39 is 22.6 Å². The molecule has 2 aromatic carbocycles. The van der Waals surface area contributed by atoms with Crippen LogP contribution in [0, 0.1) is 0 Å². The van der Waals surface area contributed by atoms with Crippen LogP contribution in [0.15, 0.2) is 59.5 Å². The van der Waals surface area contributed by atoms with Crippen molar-refractivity contribution in [2.75, 3.05) is 6.61 Å². The van der Waals surface area contributed by atoms with E-state index in [9.17, 15) is 18.3 Å². The SMILES string of the molecule is O=C([O-])COc1ccc(S(=O)(=O)NCc2ccccc2)cc1.[Na+]. The second-order valence-electron chi connectivity index (χ2n) is 4.44. The monoisotopic (exact) mass is 343 g/mol. The molecule has 0 aromatic heterocycles. The van der Waals surface area contributed by atoms with Crippen molar-refractivity contribution in [2.45, 2.75) is 11.4 Å². The fraction of sp³-hybridized carbons (Fsp3) is 0.133. The van der Waals surface area contributed by atoms with Crippen molar-refractivity contribution in [1.29, 1.82) is 0 Å². The minimum Gasteiger partial charge on any atom is -0.546 e. The molecule has 0 aliphatic heterocycles. The van der Waals surface area contributed by atoms with E-state index in [2.05, 4.69) is 4.72 Å². The van der Waals surface area contributed by atoms with Crippen LogP contribution in [0.2, 0.25) is 0 Å². The first-order valence-electron chi connectivity index (χ1n) is 6.44. The summed E-state index contributed by atoms with van der Waals surface area (Å²) in [5, 5.41) is 10.3. The number of sulfonamides is 1. The number of aliphatic carboxylic acids is 1. The molecule has 0 aliphatic rings. The van der Waals surface area contributed by atoms with Gasteiger partial charge < -0.3 is 14.6 Å². The van der Waals surface area contributed by atoms with E-state index in [1.807, 2.05) is 30.3 Å². The summed E-state index contributed by atoms with van der Waals surface area (Å²) >= 11 is 0. The first-order valence-corrected chi connectivity index (χ1v) is 7.92. The molecule has 0 spiro atoms. The predicted molar refractivity (Wildman–Crippen MR) is 77.4 cm³/mol. The molecule has 0 amide bonds. The van der Waals surface area contributed by atoms with Crippen LogP contribution in [-0.4, -0.2) is 21.0 Å². The molecule has 0 aliphatic carbocycles. The molecule has 0 saturated heterocycles. The largest absolute Gasteiger partial charge is 1.00 e. The number of carboxylic acids is 1. The standard InChI is InChI=1S/C15H15NO5S.Na/c17-15(18)11-21-13-6-8-14(9-7-13)22(19,20)16-10-12-4-2-1-3-5-12;/h1-9,16H,10-11H2,(H,17,18);/q;+1/p-1. The predicted octanol–water partition coefficient (Wildman–Crippen LogP) is -2.70. The Balaban J connectivity index is 0.00000264. The Hall–Kier alpha value is -1.38. The molecule has 0 unspecified atom stereocenters. The molecule has 23 heavy (non-hydrogen) atoms. The smallest absolute Gasteiger partial charge is 0.546 e. The van der Waals surface area contributed by atoms with E-state index in [4.69, 9.17) is 4.74 Å². The van der Waals surface area contributed by atoms with Gasteiger partial charge in [0.15, 0.2) is 0 Å². The minimum absolute atomic E-state index is 0. The summed E-state index contributed by atoms with van der Waals surface area (Å²) < 4.78 is 31.6. The Bertz CT molecular complexity index is 732. The molecular weight excluding hydrogens is 329 g/mol. The van der Waals surface area contributed by atoms with Gasteiger partial charge in [-0.15, -0.1) is 0 Å². The maximum Gasteiger partial charge on any atom is 1.00 e. The van der Waals surface area contributed by atoms with Crippen molar-refractivity contribution in [1.82, 2.24) is 4.72 Å². The molecule has 1 N–H and O–H groups in total. The number of benzene rings is 2. The summed E-state index contributed by atoms with van der Waals surface area (Å²) in [6.07, 6.45) is 0. The van der Waals surface area contributed by atoms with Crippen LogP contribution >= 0.6 is 0 Å². The van der Waals surface area contributed by atoms with Gasteiger partial charge in [-0.1, -0.05) is 30.3 Å². The van der Waals surface area contributed by atoms with E-state index in [-0.39, 0.29) is 46.7 Å². The van der Waals surface area contributed by atoms with Crippen molar-refractivity contribution < 1.29 is 52.6 Å². The van der Waals surface area contributed by atoms with Crippen LogP contribution in [0.4, 0.5) is 0 Å². The summed E-state index contributed by atoms with van der Waals surface area (Å²) in [6.45, 7) is -0.398. The van der Waals surface area contributed by atoms with Gasteiger partial charge in [0.1, 0.15) is 12.4 Å². The molecule has 0 fully saturated rings. The quantitative estimate of drug-likeness (QED) is 0.552. The van der Waals surface area contributed by atoms with Crippen LogP contribution in [-0.2, 0) is 21.4 Å². The molecule has 0 radical (unpaired) electrons. The van der Waals surface area contributed by atoms with Gasteiger partial charge in [-0.3, -0.25) is 0 Å².